The van der Waals surface area contributed by atoms with E-state index in [0.717, 1.165) is 19.3 Å². The third-order valence-corrected chi connectivity index (χ3v) is 5.75. The van der Waals surface area contributed by atoms with Gasteiger partial charge in [-0.05, 0) is 50.5 Å². The maximum atomic E-state index is 13.2. The molecule has 0 bridgehead atoms. The molecule has 5 atom stereocenters. The molecular formula is C23H27FN2O6. The Morgan fingerprint density at radius 2 is 1.94 bits per heavy atom. The van der Waals surface area contributed by atoms with E-state index in [2.05, 4.69) is 10.3 Å². The molecule has 4 rings (SSSR count). The molecule has 1 amide bonds. The fourth-order valence-electron chi connectivity index (χ4n) is 3.91. The molecule has 3 heterocycles. The number of methoxy groups -OCH3 is 1. The second-order valence-corrected chi connectivity index (χ2v) is 8.00. The molecule has 0 spiro atoms. The second kappa shape index (κ2) is 9.70. The number of hydrogen-bond acceptors (Lipinski definition) is 7. The van der Waals surface area contributed by atoms with Gasteiger partial charge in [-0.25, -0.2) is 9.37 Å². The Labute approximate surface area is 185 Å². The molecule has 0 radical (unpaired) electrons. The van der Waals surface area contributed by atoms with E-state index >= 15 is 0 Å². The van der Waals surface area contributed by atoms with Crippen LogP contribution in [-0.4, -0.2) is 53.8 Å². The molecule has 9 heteroatoms. The number of fused-ring (bicyclic) bond motifs is 1. The summed E-state index contributed by atoms with van der Waals surface area (Å²) in [6.07, 6.45) is 3.31. The molecule has 0 aliphatic carbocycles. The number of aromatic hydroxyl groups is 1. The molecule has 8 nitrogen and oxygen atoms in total. The van der Waals surface area contributed by atoms with Crippen LogP contribution < -0.4 is 14.8 Å². The number of pyridine rings is 1. The fourth-order valence-corrected chi connectivity index (χ4v) is 3.91. The molecule has 2 aromatic rings. The third kappa shape index (κ3) is 5.11. The van der Waals surface area contributed by atoms with E-state index in [1.165, 1.54) is 31.5 Å². The highest BCUT2D eigenvalue weighted by Crippen LogP contribution is 2.34. The van der Waals surface area contributed by atoms with Crippen molar-refractivity contribution in [3.05, 3.63) is 48.0 Å². The fraction of sp³-hybridized carbons (Fsp3) is 0.478. The zero-order valence-electron chi connectivity index (χ0n) is 18.0. The predicted octanol–water partition coefficient (Wildman–Crippen LogP) is 3.18. The average Bonchev–Trinajstić information content (AvgIpc) is 3.55. The highest BCUT2D eigenvalue weighted by molar-refractivity contribution is 5.95. The minimum Gasteiger partial charge on any atom is -0.503 e. The number of aromatic nitrogens is 1. The van der Waals surface area contributed by atoms with E-state index in [4.69, 9.17) is 18.9 Å². The monoisotopic (exact) mass is 446 g/mol. The number of amides is 1. The Kier molecular flexibility index (Phi) is 6.76. The Bertz CT molecular complexity index is 941. The van der Waals surface area contributed by atoms with Gasteiger partial charge in [-0.3, -0.25) is 4.79 Å². The zero-order valence-corrected chi connectivity index (χ0v) is 18.0. The quantitative estimate of drug-likeness (QED) is 0.680. The predicted molar refractivity (Wildman–Crippen MR) is 112 cm³/mol. The highest BCUT2D eigenvalue weighted by atomic mass is 19.1. The average molecular weight is 446 g/mol. The number of epoxide rings is 1. The first-order valence-electron chi connectivity index (χ1n) is 10.7. The van der Waals surface area contributed by atoms with Crippen molar-refractivity contribution in [1.29, 1.82) is 0 Å². The molecule has 0 saturated carbocycles. The first-order chi connectivity index (χ1) is 15.5. The van der Waals surface area contributed by atoms with E-state index < -0.39 is 12.2 Å². The van der Waals surface area contributed by atoms with Crippen molar-refractivity contribution in [2.24, 2.45) is 0 Å². The SMILES string of the molecule is COc1ccnc(C(=O)N[C@H]2CCCC[C@@H](Oc3ccc(F)cc3)[C@H](C)OC3OC32)c1O. The summed E-state index contributed by atoms with van der Waals surface area (Å²) >= 11 is 0. The minimum atomic E-state index is -0.497. The van der Waals surface area contributed by atoms with E-state index in [9.17, 15) is 14.3 Å². The molecule has 2 aliphatic rings. The first-order valence-corrected chi connectivity index (χ1v) is 10.7. The summed E-state index contributed by atoms with van der Waals surface area (Å²) in [6, 6.07) is 7.14. The van der Waals surface area contributed by atoms with E-state index in [-0.39, 0.29) is 47.4 Å². The lowest BCUT2D eigenvalue weighted by atomic mass is 10.0. The van der Waals surface area contributed by atoms with Crippen molar-refractivity contribution in [3.8, 4) is 17.2 Å². The number of carbonyl (C=O) groups excluding carboxylic acids is 1. The molecule has 2 fully saturated rings. The van der Waals surface area contributed by atoms with E-state index in [1.807, 2.05) is 6.92 Å². The number of nitrogens with one attached hydrogen (secondary N) is 1. The zero-order chi connectivity index (χ0) is 22.7. The number of halogens is 1. The molecule has 172 valence electrons. The third-order valence-electron chi connectivity index (χ3n) is 5.75. The largest absolute Gasteiger partial charge is 0.503 e. The summed E-state index contributed by atoms with van der Waals surface area (Å²) in [5, 5.41) is 13.1. The van der Waals surface area contributed by atoms with Gasteiger partial charge in [-0.15, -0.1) is 0 Å². The van der Waals surface area contributed by atoms with Crippen molar-refractivity contribution >= 4 is 5.91 Å². The van der Waals surface area contributed by atoms with E-state index in [0.29, 0.717) is 12.2 Å². The van der Waals surface area contributed by atoms with Crippen LogP contribution in [-0.2, 0) is 9.47 Å². The lowest BCUT2D eigenvalue weighted by Gasteiger charge is -2.27. The molecule has 1 aromatic heterocycles. The normalized spacial score (nSPS) is 27.7. The van der Waals surface area contributed by atoms with E-state index in [1.54, 1.807) is 12.1 Å². The number of benzene rings is 1. The summed E-state index contributed by atoms with van der Waals surface area (Å²) < 4.78 is 36.0. The van der Waals surface area contributed by atoms with Gasteiger partial charge in [0.15, 0.2) is 23.5 Å². The summed E-state index contributed by atoms with van der Waals surface area (Å²) in [5.74, 6) is -0.337. The van der Waals surface area contributed by atoms with Crippen LogP contribution in [0.15, 0.2) is 36.5 Å². The van der Waals surface area contributed by atoms with Crippen LogP contribution in [0.2, 0.25) is 0 Å². The van der Waals surface area contributed by atoms with Gasteiger partial charge in [0.25, 0.3) is 5.91 Å². The minimum absolute atomic E-state index is 0.0966. The summed E-state index contributed by atoms with van der Waals surface area (Å²) in [4.78, 5) is 16.7. The molecule has 2 saturated heterocycles. The van der Waals surface area contributed by atoms with Crippen LogP contribution in [0.5, 0.6) is 17.2 Å². The second-order valence-electron chi connectivity index (χ2n) is 8.00. The van der Waals surface area contributed by atoms with Gasteiger partial charge < -0.3 is 29.4 Å². The number of rotatable bonds is 5. The number of hydrogen-bond donors (Lipinski definition) is 2. The Hall–Kier alpha value is -2.91. The maximum Gasteiger partial charge on any atom is 0.274 e. The van der Waals surface area contributed by atoms with Crippen LogP contribution >= 0.6 is 0 Å². The van der Waals surface area contributed by atoms with Crippen molar-refractivity contribution in [1.82, 2.24) is 10.3 Å². The molecule has 2 unspecified atom stereocenters. The molecule has 2 aliphatic heterocycles. The number of nitrogens with zero attached hydrogens (tertiary/aromatic N) is 1. The molecule has 32 heavy (non-hydrogen) atoms. The van der Waals surface area contributed by atoms with Crippen molar-refractivity contribution in [2.45, 2.75) is 63.3 Å². The molecule has 1 aromatic carbocycles. The number of carbonyl (C=O) groups is 1. The molecular weight excluding hydrogens is 419 g/mol. The van der Waals surface area contributed by atoms with Crippen LogP contribution in [0.4, 0.5) is 4.39 Å². The van der Waals surface area contributed by atoms with Crippen molar-refractivity contribution in [2.75, 3.05) is 7.11 Å². The van der Waals surface area contributed by atoms with Gasteiger partial charge in [0.1, 0.15) is 23.8 Å². The van der Waals surface area contributed by atoms with Crippen LogP contribution in [0.25, 0.3) is 0 Å². The van der Waals surface area contributed by atoms with Gasteiger partial charge >= 0.3 is 0 Å². The van der Waals surface area contributed by atoms with Crippen molar-refractivity contribution in [3.63, 3.8) is 0 Å². The Morgan fingerprint density at radius 3 is 2.69 bits per heavy atom. The number of ether oxygens (including phenoxy) is 4. The topological polar surface area (TPSA) is 102 Å². The lowest BCUT2D eigenvalue weighted by molar-refractivity contribution is -0.0598. The van der Waals surface area contributed by atoms with Crippen LogP contribution in [0, 0.1) is 5.82 Å². The maximum absolute atomic E-state index is 13.2. The summed E-state index contributed by atoms with van der Waals surface area (Å²) in [6.45, 7) is 1.92. The first kappa shape index (κ1) is 22.3. The van der Waals surface area contributed by atoms with Gasteiger partial charge in [0.05, 0.1) is 19.3 Å². The van der Waals surface area contributed by atoms with Crippen LogP contribution in [0.3, 0.4) is 0 Å². The van der Waals surface area contributed by atoms with Crippen LogP contribution in [0.1, 0.15) is 43.1 Å². The van der Waals surface area contributed by atoms with Gasteiger partial charge in [-0.1, -0.05) is 6.42 Å². The molecule has 2 N–H and O–H groups in total. The standard InChI is InChI=1S/C23H27FN2O6/c1-13-17(31-15-9-7-14(24)8-10-15)6-4-3-5-16(21-23(30-13)32-21)26-22(28)19-20(27)18(29-2)11-12-25-19/h7-13,16-17,21,23,27H,3-6H2,1-2H3,(H,26,28)/t13-,16-,17+,21?,23?/m0/s1. The summed E-state index contributed by atoms with van der Waals surface area (Å²) in [5.41, 5.74) is -0.0966. The summed E-state index contributed by atoms with van der Waals surface area (Å²) in [7, 11) is 1.41. The van der Waals surface area contributed by atoms with Gasteiger partial charge in [0.2, 0.25) is 0 Å². The lowest BCUT2D eigenvalue weighted by Crippen LogP contribution is -2.41. The van der Waals surface area contributed by atoms with Gasteiger partial charge in [-0.2, -0.15) is 0 Å². The Balaban J connectivity index is 1.38. The van der Waals surface area contributed by atoms with Gasteiger partial charge in [0, 0.05) is 12.3 Å². The Morgan fingerprint density at radius 1 is 1.19 bits per heavy atom. The van der Waals surface area contributed by atoms with Crippen molar-refractivity contribution < 1.29 is 33.2 Å². The highest BCUT2D eigenvalue weighted by Gasteiger charge is 2.48. The smallest absolute Gasteiger partial charge is 0.274 e.